The first-order valence-corrected chi connectivity index (χ1v) is 8.75. The minimum absolute atomic E-state index is 0.102. The number of carboxylic acids is 1. The predicted molar refractivity (Wildman–Crippen MR) is 83.8 cm³/mol. The molecule has 0 spiro atoms. The number of carbonyl (C=O) groups excluding carboxylic acids is 1. The van der Waals surface area contributed by atoms with Gasteiger partial charge >= 0.3 is 0 Å². The lowest BCUT2D eigenvalue weighted by Crippen LogP contribution is -3.11. The molecule has 0 aliphatic carbocycles. The summed E-state index contributed by atoms with van der Waals surface area (Å²) in [6, 6.07) is 7.61. The highest BCUT2D eigenvalue weighted by Crippen LogP contribution is 2.23. The number of sulfone groups is 1. The number of rotatable bonds is 6. The molecule has 24 heavy (non-hydrogen) atoms. The number of aryl methyl sites for hydroxylation is 1. The Labute approximate surface area is 138 Å². The Morgan fingerprint density at radius 3 is 2.58 bits per heavy atom. The molecular weight excluding hydrogens is 334 g/mol. The van der Waals surface area contributed by atoms with Crippen molar-refractivity contribution in [3.63, 3.8) is 0 Å². The second-order valence-electron chi connectivity index (χ2n) is 5.55. The van der Waals surface area contributed by atoms with Gasteiger partial charge in [0.1, 0.15) is 6.54 Å². The van der Waals surface area contributed by atoms with Crippen LogP contribution in [-0.4, -0.2) is 44.1 Å². The number of hydrogen-bond acceptors (Lipinski definition) is 6. The molecule has 0 aliphatic heterocycles. The van der Waals surface area contributed by atoms with Gasteiger partial charge in [0.25, 0.3) is 5.56 Å². The van der Waals surface area contributed by atoms with Gasteiger partial charge in [-0.1, -0.05) is 12.1 Å². The maximum atomic E-state index is 12.6. The summed E-state index contributed by atoms with van der Waals surface area (Å²) in [5.74, 6) is -1.68. The smallest absolute Gasteiger partial charge is 0.264 e. The van der Waals surface area contributed by atoms with Gasteiger partial charge in [-0.25, -0.2) is 13.5 Å². The van der Waals surface area contributed by atoms with Crippen LogP contribution in [0, 0.1) is 6.92 Å². The molecule has 1 atom stereocenters. The largest absolute Gasteiger partial charge is 0.544 e. The van der Waals surface area contributed by atoms with E-state index in [4.69, 9.17) is 0 Å². The summed E-state index contributed by atoms with van der Waals surface area (Å²) in [4.78, 5) is 22.1. The average Bonchev–Trinajstić information content (AvgIpc) is 2.47. The molecule has 0 saturated carbocycles. The lowest BCUT2D eigenvalue weighted by molar-refractivity contribution is -0.860. The van der Waals surface area contributed by atoms with Crippen LogP contribution in [0.2, 0.25) is 0 Å². The van der Waals surface area contributed by atoms with Gasteiger partial charge in [0, 0.05) is 11.6 Å². The van der Waals surface area contributed by atoms with Gasteiger partial charge in [0.2, 0.25) is 9.84 Å². The van der Waals surface area contributed by atoms with E-state index in [1.807, 2.05) is 0 Å². The molecule has 9 heteroatoms. The summed E-state index contributed by atoms with van der Waals surface area (Å²) in [7, 11) is -2.23. The topological polar surface area (TPSA) is 124 Å². The molecule has 0 aliphatic rings. The summed E-state index contributed by atoms with van der Waals surface area (Å²) in [6.07, 6.45) is 0. The van der Waals surface area contributed by atoms with E-state index in [-0.39, 0.29) is 16.3 Å². The third kappa shape index (κ3) is 4.27. The van der Waals surface area contributed by atoms with Crippen LogP contribution in [0.15, 0.2) is 40.0 Å². The SMILES string of the molecule is Cc1ccc(-c2ccc(=O)[nH]n2)cc1S(=O)(=O)C[NH+](C)CC(=O)[O-]. The zero-order valence-corrected chi connectivity index (χ0v) is 14.0. The summed E-state index contributed by atoms with van der Waals surface area (Å²) in [6.45, 7) is 1.25. The van der Waals surface area contributed by atoms with Crippen molar-refractivity contribution in [2.24, 2.45) is 0 Å². The number of H-pyrrole nitrogens is 1. The molecule has 1 aromatic carbocycles. The number of hydrogen-bond donors (Lipinski definition) is 2. The Morgan fingerprint density at radius 1 is 1.29 bits per heavy atom. The van der Waals surface area contributed by atoms with E-state index in [0.29, 0.717) is 21.7 Å². The second-order valence-corrected chi connectivity index (χ2v) is 7.51. The number of nitrogens with zero attached hydrogens (tertiary/aromatic N) is 1. The molecule has 2 aromatic rings. The van der Waals surface area contributed by atoms with E-state index in [0.717, 1.165) is 0 Å². The highest BCUT2D eigenvalue weighted by molar-refractivity contribution is 7.91. The standard InChI is InChI=1S/C15H17N3O5S/c1-10-3-4-11(12-5-6-14(19)17-16-12)7-13(10)24(22,23)9-18(2)8-15(20)21/h3-7H,8-9H2,1-2H3,(H,17,19)(H,20,21). The lowest BCUT2D eigenvalue weighted by atomic mass is 10.1. The minimum atomic E-state index is -3.70. The van der Waals surface area contributed by atoms with Crippen molar-refractivity contribution < 1.29 is 23.2 Å². The van der Waals surface area contributed by atoms with Crippen molar-refractivity contribution in [2.75, 3.05) is 19.5 Å². The molecule has 0 fully saturated rings. The van der Waals surface area contributed by atoms with Gasteiger partial charge < -0.3 is 14.8 Å². The van der Waals surface area contributed by atoms with Gasteiger partial charge in [-0.05, 0) is 24.6 Å². The molecule has 2 N–H and O–H groups in total. The molecule has 1 unspecified atom stereocenters. The molecule has 128 valence electrons. The first-order chi connectivity index (χ1) is 11.2. The average molecular weight is 351 g/mol. The van der Waals surface area contributed by atoms with Crippen LogP contribution in [-0.2, 0) is 14.6 Å². The number of aromatic nitrogens is 2. The third-order valence-electron chi connectivity index (χ3n) is 3.38. The lowest BCUT2D eigenvalue weighted by Gasteiger charge is -2.16. The maximum Gasteiger partial charge on any atom is 0.264 e. The van der Waals surface area contributed by atoms with Gasteiger partial charge in [0.15, 0.2) is 5.88 Å². The van der Waals surface area contributed by atoms with Crippen LogP contribution in [0.25, 0.3) is 11.3 Å². The number of carbonyl (C=O) groups is 1. The summed E-state index contributed by atoms with van der Waals surface area (Å²) < 4.78 is 25.1. The molecule has 1 heterocycles. The van der Waals surface area contributed by atoms with Gasteiger partial charge in [0.05, 0.1) is 23.6 Å². The quantitative estimate of drug-likeness (QED) is 0.605. The molecular formula is C15H17N3O5S. The fourth-order valence-corrected chi connectivity index (χ4v) is 4.07. The molecule has 0 radical (unpaired) electrons. The van der Waals surface area contributed by atoms with Crippen LogP contribution < -0.4 is 15.6 Å². The predicted octanol–water partition coefficient (Wildman–Crippen LogP) is -2.26. The number of aromatic amines is 1. The van der Waals surface area contributed by atoms with E-state index in [1.165, 1.54) is 25.2 Å². The minimum Gasteiger partial charge on any atom is -0.544 e. The highest BCUT2D eigenvalue weighted by Gasteiger charge is 2.23. The Hall–Kier alpha value is -2.52. The van der Waals surface area contributed by atoms with E-state index < -0.39 is 22.4 Å². The van der Waals surface area contributed by atoms with E-state index in [2.05, 4.69) is 10.2 Å². The molecule has 1 aromatic heterocycles. The van der Waals surface area contributed by atoms with Gasteiger partial charge in [-0.2, -0.15) is 5.10 Å². The van der Waals surface area contributed by atoms with Crippen molar-refractivity contribution in [1.29, 1.82) is 0 Å². The van der Waals surface area contributed by atoms with Crippen molar-refractivity contribution in [3.8, 4) is 11.3 Å². The van der Waals surface area contributed by atoms with E-state index >= 15 is 0 Å². The van der Waals surface area contributed by atoms with Crippen molar-refractivity contribution >= 4 is 15.8 Å². The maximum absolute atomic E-state index is 12.6. The van der Waals surface area contributed by atoms with E-state index in [9.17, 15) is 23.1 Å². The number of aliphatic carboxylic acids is 1. The normalized spacial score (nSPS) is 12.8. The van der Waals surface area contributed by atoms with Crippen LogP contribution in [0.5, 0.6) is 0 Å². The Kier molecular flexibility index (Phi) is 5.15. The van der Waals surface area contributed by atoms with E-state index in [1.54, 1.807) is 19.1 Å². The molecule has 0 amide bonds. The number of likely N-dealkylation sites (N-methyl/N-ethyl adjacent to an activating group) is 1. The van der Waals surface area contributed by atoms with Gasteiger partial charge in [-0.15, -0.1) is 0 Å². The zero-order valence-electron chi connectivity index (χ0n) is 13.2. The number of carboxylic acid groups (broad SMARTS) is 1. The van der Waals surface area contributed by atoms with Crippen molar-refractivity contribution in [1.82, 2.24) is 10.2 Å². The number of quaternary nitrogens is 1. The fourth-order valence-electron chi connectivity index (χ4n) is 2.30. The fraction of sp³-hybridized carbons (Fsp3) is 0.267. The highest BCUT2D eigenvalue weighted by atomic mass is 32.2. The van der Waals surface area contributed by atoms with Crippen LogP contribution in [0.4, 0.5) is 0 Å². The van der Waals surface area contributed by atoms with Crippen LogP contribution in [0.1, 0.15) is 5.56 Å². The molecule has 0 bridgehead atoms. The van der Waals surface area contributed by atoms with Crippen molar-refractivity contribution in [2.45, 2.75) is 11.8 Å². The summed E-state index contributed by atoms with van der Waals surface area (Å²) in [5.41, 5.74) is 1.16. The first-order valence-electron chi connectivity index (χ1n) is 7.10. The molecule has 8 nitrogen and oxygen atoms in total. The first kappa shape index (κ1) is 17.8. The third-order valence-corrected chi connectivity index (χ3v) is 5.36. The van der Waals surface area contributed by atoms with Crippen LogP contribution >= 0.6 is 0 Å². The molecule has 2 rings (SSSR count). The summed E-state index contributed by atoms with van der Waals surface area (Å²) >= 11 is 0. The summed E-state index contributed by atoms with van der Waals surface area (Å²) in [5, 5.41) is 16.8. The van der Waals surface area contributed by atoms with Gasteiger partial charge in [-0.3, -0.25) is 4.79 Å². The van der Waals surface area contributed by atoms with Crippen molar-refractivity contribution in [3.05, 3.63) is 46.2 Å². The number of nitrogens with one attached hydrogen (secondary N) is 2. The zero-order chi connectivity index (χ0) is 17.9. The van der Waals surface area contributed by atoms with Crippen LogP contribution in [0.3, 0.4) is 0 Å². The molecule has 0 saturated heterocycles. The monoisotopic (exact) mass is 351 g/mol. The Morgan fingerprint density at radius 2 is 2.00 bits per heavy atom. The Bertz CT molecular complexity index is 900. The second kappa shape index (κ2) is 6.93. The Balaban J connectivity index is 2.39. The number of benzene rings is 1.